The van der Waals surface area contributed by atoms with Crippen molar-refractivity contribution in [1.29, 1.82) is 0 Å². The summed E-state index contributed by atoms with van der Waals surface area (Å²) in [5, 5.41) is 0. The fourth-order valence-electron chi connectivity index (χ4n) is 5.07. The number of carbonyl (C=O) groups excluding carboxylic acids is 1. The summed E-state index contributed by atoms with van der Waals surface area (Å²) in [5.74, 6) is -1.32. The molecule has 2 aromatic carbocycles. The summed E-state index contributed by atoms with van der Waals surface area (Å²) in [6, 6.07) is 10.6. The van der Waals surface area contributed by atoms with Gasteiger partial charge in [-0.1, -0.05) is 35.9 Å². The molecule has 0 fully saturated rings. The molecule has 1 unspecified atom stereocenters. The van der Waals surface area contributed by atoms with Crippen molar-refractivity contribution in [2.75, 3.05) is 0 Å². The number of alkyl halides is 3. The summed E-state index contributed by atoms with van der Waals surface area (Å²) >= 11 is 0. The van der Waals surface area contributed by atoms with Crippen molar-refractivity contribution in [1.82, 2.24) is 9.13 Å². The molecule has 1 aromatic heterocycles. The zero-order chi connectivity index (χ0) is 23.8. The van der Waals surface area contributed by atoms with Crippen LogP contribution in [0.25, 0.3) is 5.57 Å². The van der Waals surface area contributed by atoms with E-state index in [1.165, 1.54) is 18.7 Å². The van der Waals surface area contributed by atoms with Gasteiger partial charge in [0.2, 0.25) is 0 Å². The number of aromatic nitrogens is 2. The number of aryl methyl sites for hydroxylation is 1. The lowest BCUT2D eigenvalue weighted by Gasteiger charge is -2.29. The number of hydrogen-bond acceptors (Lipinski definition) is 3. The molecule has 2 aliphatic rings. The monoisotopic (exact) mass is 452 g/mol. The SMILES string of the molecule is Cc1cc(C2C3=C(Cc4c2c(=O)n(C)c(=O)n4C)c2ccccc2C3=O)cc(C(F)(F)F)c1. The molecule has 0 saturated carbocycles. The highest BCUT2D eigenvalue weighted by atomic mass is 19.4. The van der Waals surface area contributed by atoms with E-state index in [9.17, 15) is 27.6 Å². The van der Waals surface area contributed by atoms with E-state index in [0.717, 1.165) is 16.7 Å². The van der Waals surface area contributed by atoms with Crippen molar-refractivity contribution in [2.45, 2.75) is 25.4 Å². The number of ketones is 1. The molecule has 0 spiro atoms. The fourth-order valence-corrected chi connectivity index (χ4v) is 5.07. The van der Waals surface area contributed by atoms with Crippen molar-refractivity contribution in [3.63, 3.8) is 0 Å². The summed E-state index contributed by atoms with van der Waals surface area (Å²) in [4.78, 5) is 39.4. The van der Waals surface area contributed by atoms with Gasteiger partial charge >= 0.3 is 11.9 Å². The Labute approximate surface area is 186 Å². The quantitative estimate of drug-likeness (QED) is 0.565. The number of fused-ring (bicyclic) bond motifs is 3. The second-order valence-electron chi connectivity index (χ2n) is 8.57. The average Bonchev–Trinajstić information content (AvgIpc) is 3.06. The second-order valence-corrected chi connectivity index (χ2v) is 8.57. The molecular weight excluding hydrogens is 433 g/mol. The molecule has 0 aliphatic heterocycles. The van der Waals surface area contributed by atoms with Crippen LogP contribution in [0.2, 0.25) is 0 Å². The van der Waals surface area contributed by atoms with Crippen molar-refractivity contribution >= 4 is 11.4 Å². The summed E-state index contributed by atoms with van der Waals surface area (Å²) in [6.45, 7) is 1.54. The second kappa shape index (κ2) is 6.91. The van der Waals surface area contributed by atoms with E-state index in [0.29, 0.717) is 33.5 Å². The number of hydrogen-bond donors (Lipinski definition) is 0. The Morgan fingerprint density at radius 3 is 2.27 bits per heavy atom. The number of Topliss-reactive ketones (excluding diaryl/α,β-unsaturated/α-hetero) is 1. The first-order chi connectivity index (χ1) is 15.5. The predicted molar refractivity (Wildman–Crippen MR) is 116 cm³/mol. The van der Waals surface area contributed by atoms with Gasteiger partial charge in [0, 0.05) is 48.8 Å². The van der Waals surface area contributed by atoms with Gasteiger partial charge in [-0.15, -0.1) is 0 Å². The summed E-state index contributed by atoms with van der Waals surface area (Å²) in [5.41, 5.74) is 1.23. The van der Waals surface area contributed by atoms with E-state index in [4.69, 9.17) is 0 Å². The number of carbonyl (C=O) groups is 1. The number of nitrogens with zero attached hydrogens (tertiary/aromatic N) is 2. The minimum atomic E-state index is -4.59. The van der Waals surface area contributed by atoms with Gasteiger partial charge in [0.1, 0.15) is 0 Å². The van der Waals surface area contributed by atoms with Crippen LogP contribution in [0.5, 0.6) is 0 Å². The average molecular weight is 452 g/mol. The van der Waals surface area contributed by atoms with Crippen LogP contribution in [0.1, 0.15) is 49.8 Å². The van der Waals surface area contributed by atoms with E-state index in [1.54, 1.807) is 37.3 Å². The third-order valence-electron chi connectivity index (χ3n) is 6.57. The Balaban J connectivity index is 1.89. The first-order valence-corrected chi connectivity index (χ1v) is 10.4. The Bertz CT molecular complexity index is 1520. The van der Waals surface area contributed by atoms with Crippen molar-refractivity contribution in [2.24, 2.45) is 14.1 Å². The molecule has 33 heavy (non-hydrogen) atoms. The molecule has 3 aromatic rings. The van der Waals surface area contributed by atoms with Crippen LogP contribution >= 0.6 is 0 Å². The molecule has 0 saturated heterocycles. The molecule has 0 N–H and O–H groups in total. The van der Waals surface area contributed by atoms with Gasteiger partial charge in [-0.2, -0.15) is 13.2 Å². The fraction of sp³-hybridized carbons (Fsp3) is 0.240. The first-order valence-electron chi connectivity index (χ1n) is 10.4. The molecule has 8 heteroatoms. The molecule has 0 bridgehead atoms. The standard InChI is InChI=1S/C25H19F3N2O3/c1-12-8-13(10-14(9-12)25(26,27)28)19-20-17(15-6-4-5-7-16(15)22(20)31)11-18-21(19)23(32)30(3)24(33)29(18)2/h4-10,19H,11H2,1-3H3. The van der Waals surface area contributed by atoms with Crippen LogP contribution in [-0.2, 0) is 26.7 Å². The number of halogens is 3. The molecule has 168 valence electrons. The summed E-state index contributed by atoms with van der Waals surface area (Å²) in [7, 11) is 2.86. The molecular formula is C25H19F3N2O3. The third kappa shape index (κ3) is 2.97. The molecule has 5 rings (SSSR count). The highest BCUT2D eigenvalue weighted by molar-refractivity contribution is 6.22. The molecule has 2 aliphatic carbocycles. The maximum absolute atomic E-state index is 13.6. The van der Waals surface area contributed by atoms with Gasteiger partial charge in [-0.3, -0.25) is 18.7 Å². The molecule has 1 heterocycles. The molecule has 0 radical (unpaired) electrons. The van der Waals surface area contributed by atoms with Gasteiger partial charge < -0.3 is 0 Å². The first kappa shape index (κ1) is 21.2. The number of allylic oxidation sites excluding steroid dienone is 2. The van der Waals surface area contributed by atoms with Gasteiger partial charge in [-0.05, 0) is 35.8 Å². The normalized spacial score (nSPS) is 17.2. The Morgan fingerprint density at radius 2 is 1.61 bits per heavy atom. The number of rotatable bonds is 1. The van der Waals surface area contributed by atoms with Crippen LogP contribution in [0.4, 0.5) is 13.2 Å². The summed E-state index contributed by atoms with van der Waals surface area (Å²) in [6.07, 6.45) is -4.42. The topological polar surface area (TPSA) is 61.1 Å². The van der Waals surface area contributed by atoms with Crippen LogP contribution in [-0.4, -0.2) is 14.9 Å². The lowest BCUT2D eigenvalue weighted by Crippen LogP contribution is -2.43. The molecule has 1 atom stereocenters. The maximum atomic E-state index is 13.6. The van der Waals surface area contributed by atoms with Gasteiger partial charge in [0.15, 0.2) is 5.78 Å². The number of benzene rings is 2. The highest BCUT2D eigenvalue weighted by Crippen LogP contribution is 2.48. The Hall–Kier alpha value is -3.68. The van der Waals surface area contributed by atoms with Crippen molar-refractivity contribution in [3.8, 4) is 0 Å². The van der Waals surface area contributed by atoms with Crippen molar-refractivity contribution in [3.05, 3.63) is 108 Å². The van der Waals surface area contributed by atoms with Crippen molar-refractivity contribution < 1.29 is 18.0 Å². The van der Waals surface area contributed by atoms with E-state index in [2.05, 4.69) is 0 Å². The van der Waals surface area contributed by atoms with Crippen LogP contribution in [0.3, 0.4) is 0 Å². The van der Waals surface area contributed by atoms with E-state index in [1.807, 2.05) is 0 Å². The van der Waals surface area contributed by atoms with E-state index >= 15 is 0 Å². The zero-order valence-electron chi connectivity index (χ0n) is 18.1. The largest absolute Gasteiger partial charge is 0.416 e. The smallest absolute Gasteiger partial charge is 0.300 e. The molecule has 5 nitrogen and oxygen atoms in total. The Morgan fingerprint density at radius 1 is 0.939 bits per heavy atom. The lowest BCUT2D eigenvalue weighted by atomic mass is 9.76. The van der Waals surface area contributed by atoms with Crippen LogP contribution in [0.15, 0.2) is 57.6 Å². The van der Waals surface area contributed by atoms with Gasteiger partial charge in [0.05, 0.1) is 5.56 Å². The van der Waals surface area contributed by atoms with E-state index in [-0.39, 0.29) is 23.3 Å². The lowest BCUT2D eigenvalue weighted by molar-refractivity contribution is -0.137. The van der Waals surface area contributed by atoms with Crippen LogP contribution in [0, 0.1) is 6.92 Å². The van der Waals surface area contributed by atoms with E-state index < -0.39 is 28.9 Å². The van der Waals surface area contributed by atoms with Gasteiger partial charge in [0.25, 0.3) is 5.56 Å². The Kier molecular flexibility index (Phi) is 4.43. The minimum Gasteiger partial charge on any atom is -0.300 e. The predicted octanol–water partition coefficient (Wildman–Crippen LogP) is 3.75. The minimum absolute atomic E-state index is 0.165. The zero-order valence-corrected chi connectivity index (χ0v) is 18.1. The van der Waals surface area contributed by atoms with Crippen LogP contribution < -0.4 is 11.2 Å². The highest BCUT2D eigenvalue weighted by Gasteiger charge is 2.43. The summed E-state index contributed by atoms with van der Waals surface area (Å²) < 4.78 is 43.2. The molecule has 0 amide bonds. The maximum Gasteiger partial charge on any atom is 0.416 e. The van der Waals surface area contributed by atoms with Gasteiger partial charge in [-0.25, -0.2) is 4.79 Å². The third-order valence-corrected chi connectivity index (χ3v) is 6.57.